The van der Waals surface area contributed by atoms with Crippen LogP contribution < -0.4 is 0 Å². The molecule has 20 heavy (non-hydrogen) atoms. The molecule has 2 fully saturated rings. The van der Waals surface area contributed by atoms with Crippen molar-refractivity contribution in [3.8, 4) is 0 Å². The summed E-state index contributed by atoms with van der Waals surface area (Å²) >= 11 is 0. The number of methoxy groups -OCH3 is 2. The summed E-state index contributed by atoms with van der Waals surface area (Å²) in [6.45, 7) is 2.95. The Morgan fingerprint density at radius 3 is 2.20 bits per heavy atom. The Balaban J connectivity index is 2.10. The van der Waals surface area contributed by atoms with E-state index >= 15 is 0 Å². The third-order valence-electron chi connectivity index (χ3n) is 4.42. The summed E-state index contributed by atoms with van der Waals surface area (Å²) in [7, 11) is 3.17. The zero-order valence-electron chi connectivity index (χ0n) is 12.2. The van der Waals surface area contributed by atoms with Crippen LogP contribution in [0, 0.1) is 0 Å². The molecule has 0 aromatic carbocycles. The Kier molecular flexibility index (Phi) is 4.19. The molecule has 0 aromatic heterocycles. The molecule has 7 nitrogen and oxygen atoms in total. The van der Waals surface area contributed by atoms with Crippen LogP contribution in [0.3, 0.4) is 0 Å². The number of likely N-dealkylation sites (tertiary alicyclic amines) is 2. The van der Waals surface area contributed by atoms with Gasteiger partial charge in [-0.15, -0.1) is 0 Å². The first-order valence-corrected chi connectivity index (χ1v) is 6.79. The fraction of sp³-hybridized carbons (Fsp3) is 0.846. The summed E-state index contributed by atoms with van der Waals surface area (Å²) in [5.74, 6) is -0.950. The lowest BCUT2D eigenvalue weighted by molar-refractivity contribution is -0.147. The summed E-state index contributed by atoms with van der Waals surface area (Å²) in [5.41, 5.74) is -1.11. The second-order valence-corrected chi connectivity index (χ2v) is 5.57. The van der Waals surface area contributed by atoms with E-state index < -0.39 is 11.5 Å². The maximum Gasteiger partial charge on any atom is 0.329 e. The third kappa shape index (κ3) is 2.35. The molecular weight excluding hydrogens is 264 g/mol. The van der Waals surface area contributed by atoms with Crippen molar-refractivity contribution in [2.75, 3.05) is 33.9 Å². The molecule has 0 spiro atoms. The van der Waals surface area contributed by atoms with E-state index in [0.29, 0.717) is 32.5 Å². The van der Waals surface area contributed by atoms with Gasteiger partial charge in [-0.1, -0.05) is 0 Å². The molecular formula is C13H22N2O5. The monoisotopic (exact) mass is 286 g/mol. The van der Waals surface area contributed by atoms with E-state index in [1.54, 1.807) is 26.0 Å². The van der Waals surface area contributed by atoms with Gasteiger partial charge in [-0.25, -0.2) is 9.59 Å². The number of urea groups is 1. The molecule has 2 saturated heterocycles. The minimum Gasteiger partial charge on any atom is -0.480 e. The van der Waals surface area contributed by atoms with Crippen LogP contribution in [0.25, 0.3) is 0 Å². The van der Waals surface area contributed by atoms with Gasteiger partial charge in [0, 0.05) is 20.8 Å². The highest BCUT2D eigenvalue weighted by molar-refractivity contribution is 5.86. The minimum absolute atomic E-state index is 0.164. The van der Waals surface area contributed by atoms with Crippen molar-refractivity contribution in [1.82, 2.24) is 9.80 Å². The van der Waals surface area contributed by atoms with Gasteiger partial charge in [-0.05, 0) is 19.8 Å². The number of aliphatic carboxylic acids is 1. The number of carboxylic acids is 1. The number of carbonyl (C=O) groups excluding carboxylic acids is 1. The van der Waals surface area contributed by atoms with Gasteiger partial charge in [0.2, 0.25) is 0 Å². The summed E-state index contributed by atoms with van der Waals surface area (Å²) in [4.78, 5) is 27.1. The quantitative estimate of drug-likeness (QED) is 0.812. The lowest BCUT2D eigenvalue weighted by Crippen LogP contribution is -2.54. The molecule has 3 unspecified atom stereocenters. The van der Waals surface area contributed by atoms with E-state index in [4.69, 9.17) is 9.47 Å². The molecule has 2 rings (SSSR count). The third-order valence-corrected chi connectivity index (χ3v) is 4.42. The highest BCUT2D eigenvalue weighted by atomic mass is 16.5. The van der Waals surface area contributed by atoms with Crippen LogP contribution in [0.15, 0.2) is 0 Å². The number of nitrogens with zero attached hydrogens (tertiary/aromatic N) is 2. The number of hydrogen-bond acceptors (Lipinski definition) is 4. The van der Waals surface area contributed by atoms with Crippen molar-refractivity contribution in [2.45, 2.75) is 37.5 Å². The summed E-state index contributed by atoms with van der Waals surface area (Å²) < 4.78 is 10.6. The summed E-state index contributed by atoms with van der Waals surface area (Å²) in [6.07, 6.45) is 0.873. The van der Waals surface area contributed by atoms with Crippen molar-refractivity contribution in [3.63, 3.8) is 0 Å². The van der Waals surface area contributed by atoms with Crippen LogP contribution >= 0.6 is 0 Å². The van der Waals surface area contributed by atoms with Crippen LogP contribution in [0.5, 0.6) is 0 Å². The van der Waals surface area contributed by atoms with Gasteiger partial charge < -0.3 is 24.4 Å². The summed E-state index contributed by atoms with van der Waals surface area (Å²) in [5, 5.41) is 9.37. The second kappa shape index (κ2) is 5.57. The topological polar surface area (TPSA) is 79.3 Å². The Hall–Kier alpha value is -1.34. The maximum absolute atomic E-state index is 12.6. The average molecular weight is 286 g/mol. The van der Waals surface area contributed by atoms with Gasteiger partial charge in [0.1, 0.15) is 17.7 Å². The van der Waals surface area contributed by atoms with Crippen LogP contribution in [-0.4, -0.2) is 78.5 Å². The van der Waals surface area contributed by atoms with E-state index in [-0.39, 0.29) is 18.2 Å². The SMILES string of the molecule is COC1CN(C(=O)N2CCCC2(C)C(=O)O)CC1OC. The second-order valence-electron chi connectivity index (χ2n) is 5.57. The number of hydrogen-bond donors (Lipinski definition) is 1. The van der Waals surface area contributed by atoms with Gasteiger partial charge in [-0.2, -0.15) is 0 Å². The molecule has 2 aliphatic rings. The fourth-order valence-electron chi connectivity index (χ4n) is 3.02. The normalized spacial score (nSPS) is 33.8. The number of amides is 2. The molecule has 0 bridgehead atoms. The number of rotatable bonds is 3. The Morgan fingerprint density at radius 1 is 1.20 bits per heavy atom. The van der Waals surface area contributed by atoms with Gasteiger partial charge >= 0.3 is 12.0 Å². The van der Waals surface area contributed by atoms with E-state index in [0.717, 1.165) is 0 Å². The molecule has 0 radical (unpaired) electrons. The van der Waals surface area contributed by atoms with E-state index in [1.165, 1.54) is 4.90 Å². The zero-order chi connectivity index (χ0) is 14.9. The van der Waals surface area contributed by atoms with Crippen molar-refractivity contribution in [1.29, 1.82) is 0 Å². The van der Waals surface area contributed by atoms with Crippen LogP contribution in [0.2, 0.25) is 0 Å². The van der Waals surface area contributed by atoms with Gasteiger partial charge in [0.05, 0.1) is 13.1 Å². The van der Waals surface area contributed by atoms with E-state index in [9.17, 15) is 14.7 Å². The van der Waals surface area contributed by atoms with Gasteiger partial charge in [-0.3, -0.25) is 0 Å². The average Bonchev–Trinajstić information content (AvgIpc) is 3.01. The molecule has 7 heteroatoms. The van der Waals surface area contributed by atoms with Crippen LogP contribution in [-0.2, 0) is 14.3 Å². The van der Waals surface area contributed by atoms with Crippen molar-refractivity contribution in [3.05, 3.63) is 0 Å². The van der Waals surface area contributed by atoms with Crippen LogP contribution in [0.4, 0.5) is 4.79 Å². The number of carboxylic acid groups (broad SMARTS) is 1. The highest BCUT2D eigenvalue weighted by Gasteiger charge is 2.48. The molecule has 2 amide bonds. The Bertz CT molecular complexity index is 390. The lowest BCUT2D eigenvalue weighted by atomic mass is 10.00. The molecule has 0 aliphatic carbocycles. The number of carbonyl (C=O) groups is 2. The highest BCUT2D eigenvalue weighted by Crippen LogP contribution is 2.31. The predicted molar refractivity (Wildman–Crippen MR) is 70.5 cm³/mol. The molecule has 0 saturated carbocycles. The zero-order valence-corrected chi connectivity index (χ0v) is 12.2. The molecule has 0 aromatic rings. The summed E-state index contributed by atoms with van der Waals surface area (Å²) in [6, 6.07) is -0.242. The maximum atomic E-state index is 12.6. The van der Waals surface area contributed by atoms with E-state index in [2.05, 4.69) is 0 Å². The Morgan fingerprint density at radius 2 is 1.75 bits per heavy atom. The van der Waals surface area contributed by atoms with Crippen molar-refractivity contribution >= 4 is 12.0 Å². The molecule has 2 aliphatic heterocycles. The first-order chi connectivity index (χ1) is 9.43. The molecule has 114 valence electrons. The van der Waals surface area contributed by atoms with Crippen LogP contribution in [0.1, 0.15) is 19.8 Å². The number of ether oxygens (including phenoxy) is 2. The standard InChI is InChI=1S/C13H22N2O5/c1-13(11(16)17)5-4-6-15(13)12(18)14-7-9(19-2)10(8-14)20-3/h9-10H,4-8H2,1-3H3,(H,16,17). The van der Waals surface area contributed by atoms with Crippen molar-refractivity contribution < 1.29 is 24.2 Å². The molecule has 1 N–H and O–H groups in total. The van der Waals surface area contributed by atoms with Gasteiger partial charge in [0.25, 0.3) is 0 Å². The largest absolute Gasteiger partial charge is 0.480 e. The van der Waals surface area contributed by atoms with Crippen molar-refractivity contribution in [2.24, 2.45) is 0 Å². The first-order valence-electron chi connectivity index (χ1n) is 6.79. The Labute approximate surface area is 118 Å². The van der Waals surface area contributed by atoms with E-state index in [1.807, 2.05) is 0 Å². The molecule has 2 heterocycles. The lowest BCUT2D eigenvalue weighted by Gasteiger charge is -2.34. The smallest absolute Gasteiger partial charge is 0.329 e. The van der Waals surface area contributed by atoms with Gasteiger partial charge in [0.15, 0.2) is 0 Å². The molecule has 3 atom stereocenters. The fourth-order valence-corrected chi connectivity index (χ4v) is 3.02. The predicted octanol–water partition coefficient (Wildman–Crippen LogP) is 0.391. The minimum atomic E-state index is -1.11. The first kappa shape index (κ1) is 15.1.